The van der Waals surface area contributed by atoms with Crippen molar-refractivity contribution in [1.82, 2.24) is 9.97 Å². The number of benzene rings is 1. The molecule has 0 aliphatic carbocycles. The van der Waals surface area contributed by atoms with Crippen LogP contribution in [0.4, 0.5) is 29.2 Å². The van der Waals surface area contributed by atoms with Crippen molar-refractivity contribution in [1.29, 1.82) is 0 Å². The zero-order valence-electron chi connectivity index (χ0n) is 17.0. The first-order valence-electron chi connectivity index (χ1n) is 9.40. The van der Waals surface area contributed by atoms with E-state index in [1.54, 1.807) is 4.90 Å². The molecule has 2 aromatic rings. The van der Waals surface area contributed by atoms with Crippen LogP contribution in [-0.4, -0.2) is 50.3 Å². The van der Waals surface area contributed by atoms with Crippen LogP contribution in [0.25, 0.3) is 0 Å². The van der Waals surface area contributed by atoms with Crippen LogP contribution < -0.4 is 9.80 Å². The number of rotatable bonds is 4. The predicted octanol–water partition coefficient (Wildman–Crippen LogP) is 4.04. The van der Waals surface area contributed by atoms with Crippen LogP contribution in [0.1, 0.15) is 19.5 Å². The number of aromatic nitrogens is 2. The van der Waals surface area contributed by atoms with Gasteiger partial charge in [-0.1, -0.05) is 25.4 Å². The molecule has 12 heteroatoms. The van der Waals surface area contributed by atoms with E-state index in [1.807, 2.05) is 18.7 Å². The van der Waals surface area contributed by atoms with Crippen LogP contribution in [0.5, 0.6) is 0 Å². The highest BCUT2D eigenvalue weighted by Gasteiger charge is 2.38. The van der Waals surface area contributed by atoms with Crippen molar-refractivity contribution in [3.05, 3.63) is 40.9 Å². The Labute approximate surface area is 182 Å². The van der Waals surface area contributed by atoms with Gasteiger partial charge in [0.15, 0.2) is 15.5 Å². The minimum Gasteiger partial charge on any atom is -0.368 e. The summed E-state index contributed by atoms with van der Waals surface area (Å²) in [6.45, 7) is 4.82. The zero-order chi connectivity index (χ0) is 23.1. The van der Waals surface area contributed by atoms with Gasteiger partial charge in [-0.15, -0.1) is 0 Å². The molecule has 2 heterocycles. The second kappa shape index (κ2) is 8.42. The van der Waals surface area contributed by atoms with E-state index in [0.717, 1.165) is 18.5 Å². The van der Waals surface area contributed by atoms with Crippen molar-refractivity contribution in [2.75, 3.05) is 35.7 Å². The van der Waals surface area contributed by atoms with Crippen LogP contribution in [-0.2, 0) is 16.0 Å². The Balaban J connectivity index is 1.93. The molecule has 1 aliphatic rings. The van der Waals surface area contributed by atoms with E-state index in [0.29, 0.717) is 18.8 Å². The van der Waals surface area contributed by atoms with Gasteiger partial charge < -0.3 is 9.80 Å². The van der Waals surface area contributed by atoms with Gasteiger partial charge in [-0.3, -0.25) is 0 Å². The van der Waals surface area contributed by atoms with Crippen LogP contribution in [0.2, 0.25) is 5.02 Å². The third kappa shape index (κ3) is 5.03. The third-order valence-electron chi connectivity index (χ3n) is 5.12. The SMILES string of the molecule is CC(C)C1CN(c2ccc(F)c(S(C)(=O)=O)c2)CCN1c1ncc(Cl)c(C(F)(F)F)n1. The summed E-state index contributed by atoms with van der Waals surface area (Å²) in [6.07, 6.45) is -2.84. The first-order chi connectivity index (χ1) is 14.3. The van der Waals surface area contributed by atoms with Crippen molar-refractivity contribution >= 4 is 33.1 Å². The number of alkyl halides is 3. The molecule has 0 amide bonds. The van der Waals surface area contributed by atoms with Gasteiger partial charge in [0.25, 0.3) is 0 Å². The van der Waals surface area contributed by atoms with E-state index < -0.39 is 37.4 Å². The molecule has 3 rings (SSSR count). The Kier molecular flexibility index (Phi) is 6.39. The topological polar surface area (TPSA) is 66.4 Å². The summed E-state index contributed by atoms with van der Waals surface area (Å²) in [4.78, 5) is 10.8. The third-order valence-corrected chi connectivity index (χ3v) is 6.51. The molecule has 0 bridgehead atoms. The van der Waals surface area contributed by atoms with Gasteiger partial charge in [0.05, 0.1) is 17.3 Å². The maximum atomic E-state index is 14.0. The Hall–Kier alpha value is -2.14. The molecule has 0 spiro atoms. The molecule has 6 nitrogen and oxygen atoms in total. The molecule has 0 N–H and O–H groups in total. The summed E-state index contributed by atoms with van der Waals surface area (Å²) in [5.74, 6) is -0.906. The number of anilines is 2. The first-order valence-corrected chi connectivity index (χ1v) is 11.7. The van der Waals surface area contributed by atoms with Crippen molar-refractivity contribution in [3.63, 3.8) is 0 Å². The fourth-order valence-corrected chi connectivity index (χ4v) is 4.49. The number of nitrogens with zero attached hydrogens (tertiary/aromatic N) is 4. The monoisotopic (exact) mass is 480 g/mol. The van der Waals surface area contributed by atoms with Gasteiger partial charge in [0, 0.05) is 31.6 Å². The highest BCUT2D eigenvalue weighted by Crippen LogP contribution is 2.35. The molecule has 0 saturated carbocycles. The van der Waals surface area contributed by atoms with Crippen molar-refractivity contribution in [3.8, 4) is 0 Å². The summed E-state index contributed by atoms with van der Waals surface area (Å²) in [6, 6.07) is 3.58. The van der Waals surface area contributed by atoms with E-state index in [2.05, 4.69) is 9.97 Å². The fourth-order valence-electron chi connectivity index (χ4n) is 3.53. The van der Waals surface area contributed by atoms with E-state index >= 15 is 0 Å². The minimum atomic E-state index is -4.71. The molecule has 170 valence electrons. The highest BCUT2D eigenvalue weighted by molar-refractivity contribution is 7.90. The van der Waals surface area contributed by atoms with Crippen LogP contribution >= 0.6 is 11.6 Å². The van der Waals surface area contributed by atoms with Crippen molar-refractivity contribution in [2.24, 2.45) is 5.92 Å². The van der Waals surface area contributed by atoms with Gasteiger partial charge >= 0.3 is 6.18 Å². The van der Waals surface area contributed by atoms with E-state index in [9.17, 15) is 26.0 Å². The first kappa shape index (κ1) is 23.5. The van der Waals surface area contributed by atoms with Gasteiger partial charge in [-0.25, -0.2) is 22.8 Å². The summed E-state index contributed by atoms with van der Waals surface area (Å²) in [5.41, 5.74) is -0.680. The van der Waals surface area contributed by atoms with Crippen molar-refractivity contribution in [2.45, 2.75) is 31.0 Å². The Morgan fingerprint density at radius 2 is 1.90 bits per heavy atom. The van der Waals surface area contributed by atoms with Crippen LogP contribution in [0.15, 0.2) is 29.3 Å². The second-order valence-corrected chi connectivity index (χ2v) is 10.1. The summed E-state index contributed by atoms with van der Waals surface area (Å²) in [5, 5.41) is -0.574. The van der Waals surface area contributed by atoms with Crippen LogP contribution in [0, 0.1) is 11.7 Å². The maximum Gasteiger partial charge on any atom is 0.435 e. The van der Waals surface area contributed by atoms with Gasteiger partial charge in [0.2, 0.25) is 5.95 Å². The van der Waals surface area contributed by atoms with Gasteiger partial charge in [-0.05, 0) is 24.1 Å². The smallest absolute Gasteiger partial charge is 0.368 e. The van der Waals surface area contributed by atoms with Gasteiger partial charge in [0.1, 0.15) is 10.7 Å². The molecule has 31 heavy (non-hydrogen) atoms. The average molecular weight is 481 g/mol. The molecule has 1 aromatic carbocycles. The lowest BCUT2D eigenvalue weighted by atomic mass is 9.99. The zero-order valence-corrected chi connectivity index (χ0v) is 18.6. The predicted molar refractivity (Wildman–Crippen MR) is 110 cm³/mol. The Morgan fingerprint density at radius 3 is 2.48 bits per heavy atom. The normalized spacial score (nSPS) is 18.0. The molecule has 1 aliphatic heterocycles. The molecule has 1 unspecified atom stereocenters. The fraction of sp³-hybridized carbons (Fsp3) is 0.474. The number of sulfone groups is 1. The largest absolute Gasteiger partial charge is 0.435 e. The Bertz CT molecular complexity index is 1080. The number of halogens is 5. The van der Waals surface area contributed by atoms with E-state index in [4.69, 9.17) is 11.6 Å². The maximum absolute atomic E-state index is 14.0. The highest BCUT2D eigenvalue weighted by atomic mass is 35.5. The lowest BCUT2D eigenvalue weighted by molar-refractivity contribution is -0.141. The molecule has 0 radical (unpaired) electrons. The van der Waals surface area contributed by atoms with Crippen LogP contribution in [0.3, 0.4) is 0 Å². The molecular formula is C19H21ClF4N4O2S. The van der Waals surface area contributed by atoms with E-state index in [1.165, 1.54) is 12.1 Å². The second-order valence-electron chi connectivity index (χ2n) is 7.70. The summed E-state index contributed by atoms with van der Waals surface area (Å²) in [7, 11) is -3.75. The molecule has 1 saturated heterocycles. The number of hydrogen-bond donors (Lipinski definition) is 0. The van der Waals surface area contributed by atoms with Gasteiger partial charge in [-0.2, -0.15) is 13.2 Å². The molecule has 1 aromatic heterocycles. The minimum absolute atomic E-state index is 0.00578. The van der Waals surface area contributed by atoms with E-state index in [-0.39, 0.29) is 24.5 Å². The molecule has 1 atom stereocenters. The quantitative estimate of drug-likeness (QED) is 0.615. The number of piperazine rings is 1. The molecule has 1 fully saturated rings. The lowest BCUT2D eigenvalue weighted by Gasteiger charge is -2.44. The molecular weight excluding hydrogens is 460 g/mol. The Morgan fingerprint density at radius 1 is 1.23 bits per heavy atom. The standard InChI is InChI=1S/C19H21ClF4N4O2S/c1-11(2)15-10-27(12-4-5-14(21)16(8-12)31(3,29)30)6-7-28(15)18-25-9-13(20)17(26-18)19(22,23)24/h4-5,8-9,11,15H,6-7,10H2,1-3H3. The van der Waals surface area contributed by atoms with Crippen molar-refractivity contribution < 1.29 is 26.0 Å². The summed E-state index contributed by atoms with van der Waals surface area (Å²) < 4.78 is 77.3. The number of hydrogen-bond acceptors (Lipinski definition) is 6. The summed E-state index contributed by atoms with van der Waals surface area (Å²) >= 11 is 5.63. The lowest BCUT2D eigenvalue weighted by Crippen LogP contribution is -2.56. The average Bonchev–Trinajstić information content (AvgIpc) is 2.66.